The van der Waals surface area contributed by atoms with E-state index >= 15 is 0 Å². The van der Waals surface area contributed by atoms with Crippen molar-refractivity contribution in [2.24, 2.45) is 0 Å². The SMILES string of the molecule is c1ccc(-c2ccc3c(sc4ccccc43)c2N(c2ccc(-c3ccc(-c4ccc5ccccc5c4)cc3)cc2)c2cccc3oc4ccccc4c23)cc1. The highest BCUT2D eigenvalue weighted by molar-refractivity contribution is 7.26. The fourth-order valence-electron chi connectivity index (χ4n) is 8.21. The number of hydrogen-bond donors (Lipinski definition) is 0. The van der Waals surface area contributed by atoms with E-state index in [1.54, 1.807) is 0 Å². The van der Waals surface area contributed by atoms with Crippen LogP contribution in [0.15, 0.2) is 205 Å². The van der Waals surface area contributed by atoms with E-state index < -0.39 is 0 Å². The van der Waals surface area contributed by atoms with E-state index in [4.69, 9.17) is 4.42 Å². The lowest BCUT2D eigenvalue weighted by Gasteiger charge is -2.29. The fourth-order valence-corrected chi connectivity index (χ4v) is 9.45. The van der Waals surface area contributed by atoms with Crippen LogP contribution in [0.1, 0.15) is 0 Å². The summed E-state index contributed by atoms with van der Waals surface area (Å²) in [6.45, 7) is 0. The van der Waals surface area contributed by atoms with Gasteiger partial charge in [-0.3, -0.25) is 0 Å². The minimum atomic E-state index is 0.872. The largest absolute Gasteiger partial charge is 0.456 e. The van der Waals surface area contributed by atoms with Crippen molar-refractivity contribution in [2.75, 3.05) is 4.90 Å². The second-order valence-corrected chi connectivity index (χ2v) is 15.1. The molecule has 0 N–H and O–H groups in total. The van der Waals surface area contributed by atoms with Gasteiger partial charge in [-0.15, -0.1) is 11.3 Å². The third-order valence-corrected chi connectivity index (χ3v) is 12.1. The number of hydrogen-bond acceptors (Lipinski definition) is 3. The van der Waals surface area contributed by atoms with E-state index in [0.29, 0.717) is 0 Å². The molecule has 11 rings (SSSR count). The summed E-state index contributed by atoms with van der Waals surface area (Å²) in [4.78, 5) is 2.47. The molecular weight excluding hydrogens is 687 g/mol. The Morgan fingerprint density at radius 3 is 1.85 bits per heavy atom. The number of benzene rings is 9. The van der Waals surface area contributed by atoms with Gasteiger partial charge in [0.2, 0.25) is 0 Å². The van der Waals surface area contributed by atoms with Crippen LogP contribution in [0, 0.1) is 0 Å². The summed E-state index contributed by atoms with van der Waals surface area (Å²) in [5.41, 5.74) is 12.2. The molecule has 0 aliphatic rings. The van der Waals surface area contributed by atoms with E-state index in [0.717, 1.165) is 39.0 Å². The van der Waals surface area contributed by atoms with E-state index in [1.165, 1.54) is 64.3 Å². The van der Waals surface area contributed by atoms with Gasteiger partial charge in [0.1, 0.15) is 11.2 Å². The molecule has 2 heterocycles. The Morgan fingerprint density at radius 1 is 0.400 bits per heavy atom. The maximum atomic E-state index is 6.48. The highest BCUT2D eigenvalue weighted by Gasteiger charge is 2.25. The van der Waals surface area contributed by atoms with Crippen molar-refractivity contribution in [3.63, 3.8) is 0 Å². The fraction of sp³-hybridized carbons (Fsp3) is 0. The highest BCUT2D eigenvalue weighted by atomic mass is 32.1. The Labute approximate surface area is 322 Å². The van der Waals surface area contributed by atoms with Gasteiger partial charge >= 0.3 is 0 Å². The highest BCUT2D eigenvalue weighted by Crippen LogP contribution is 2.51. The minimum Gasteiger partial charge on any atom is -0.456 e. The standard InChI is InChI=1S/C52H33NOS/c1-2-12-38(13-3-1)42-31-32-44-43-15-7-9-20-49(43)55-52(44)51(42)53(46-17-10-19-48-50(46)45-16-6-8-18-47(45)54-48)41-29-27-36(28-30-41)35-21-23-37(24-22-35)40-26-25-34-11-4-5-14-39(34)33-40/h1-33H. The Balaban J connectivity index is 1.10. The van der Waals surface area contributed by atoms with Crippen molar-refractivity contribution in [1.29, 1.82) is 0 Å². The molecule has 0 radical (unpaired) electrons. The zero-order valence-electron chi connectivity index (χ0n) is 29.8. The van der Waals surface area contributed by atoms with Crippen LogP contribution >= 0.6 is 11.3 Å². The van der Waals surface area contributed by atoms with Gasteiger partial charge < -0.3 is 9.32 Å². The molecule has 0 saturated carbocycles. The maximum Gasteiger partial charge on any atom is 0.137 e. The van der Waals surface area contributed by atoms with Crippen molar-refractivity contribution >= 4 is 81.3 Å². The topological polar surface area (TPSA) is 16.4 Å². The van der Waals surface area contributed by atoms with Crippen LogP contribution in [0.3, 0.4) is 0 Å². The lowest BCUT2D eigenvalue weighted by Crippen LogP contribution is -2.12. The van der Waals surface area contributed by atoms with E-state index in [9.17, 15) is 0 Å². The molecule has 3 heteroatoms. The summed E-state index contributed by atoms with van der Waals surface area (Å²) in [7, 11) is 0. The Bertz CT molecular complexity index is 3190. The first-order valence-electron chi connectivity index (χ1n) is 18.7. The molecule has 0 fully saturated rings. The maximum absolute atomic E-state index is 6.48. The third kappa shape index (κ3) is 5.32. The average Bonchev–Trinajstić information content (AvgIpc) is 3.83. The summed E-state index contributed by atoms with van der Waals surface area (Å²) in [6, 6.07) is 72.2. The Hall–Kier alpha value is -6.94. The predicted octanol–water partition coefficient (Wildman–Crippen LogP) is 15.6. The Kier molecular flexibility index (Phi) is 7.39. The number of rotatable bonds is 6. The molecule has 0 bridgehead atoms. The van der Waals surface area contributed by atoms with Crippen LogP contribution in [0.2, 0.25) is 0 Å². The molecule has 0 aliphatic heterocycles. The smallest absolute Gasteiger partial charge is 0.137 e. The number of thiophene rings is 1. The van der Waals surface area contributed by atoms with E-state index in [-0.39, 0.29) is 0 Å². The van der Waals surface area contributed by atoms with Crippen LogP contribution < -0.4 is 4.90 Å². The first kappa shape index (κ1) is 31.6. The molecule has 2 nitrogen and oxygen atoms in total. The molecule has 0 atom stereocenters. The number of para-hydroxylation sites is 1. The summed E-state index contributed by atoms with van der Waals surface area (Å²) >= 11 is 1.86. The molecule has 2 aromatic heterocycles. The lowest BCUT2D eigenvalue weighted by molar-refractivity contribution is 0.669. The summed E-state index contributed by atoms with van der Waals surface area (Å²) < 4.78 is 9.01. The van der Waals surface area contributed by atoms with Crippen molar-refractivity contribution in [3.05, 3.63) is 200 Å². The summed E-state index contributed by atoms with van der Waals surface area (Å²) in [6.07, 6.45) is 0. The van der Waals surface area contributed by atoms with E-state index in [1.807, 2.05) is 17.4 Å². The summed E-state index contributed by atoms with van der Waals surface area (Å²) in [5, 5.41) is 7.25. The van der Waals surface area contributed by atoms with Crippen LogP contribution in [0.5, 0.6) is 0 Å². The van der Waals surface area contributed by atoms with Crippen molar-refractivity contribution in [3.8, 4) is 33.4 Å². The molecule has 0 amide bonds. The molecule has 0 unspecified atom stereocenters. The van der Waals surface area contributed by atoms with Crippen molar-refractivity contribution in [2.45, 2.75) is 0 Å². The zero-order chi connectivity index (χ0) is 36.3. The molecule has 55 heavy (non-hydrogen) atoms. The van der Waals surface area contributed by atoms with Gasteiger partial charge in [-0.25, -0.2) is 0 Å². The van der Waals surface area contributed by atoms with Crippen LogP contribution in [-0.4, -0.2) is 0 Å². The van der Waals surface area contributed by atoms with E-state index in [2.05, 4.69) is 199 Å². The number of fused-ring (bicyclic) bond motifs is 7. The normalized spacial score (nSPS) is 11.6. The van der Waals surface area contributed by atoms with Gasteiger partial charge in [0.15, 0.2) is 0 Å². The van der Waals surface area contributed by atoms with Gasteiger partial charge in [0.05, 0.1) is 21.5 Å². The molecule has 0 saturated heterocycles. The molecule has 11 aromatic rings. The monoisotopic (exact) mass is 719 g/mol. The molecule has 0 spiro atoms. The van der Waals surface area contributed by atoms with Gasteiger partial charge in [-0.1, -0.05) is 158 Å². The molecule has 258 valence electrons. The zero-order valence-corrected chi connectivity index (χ0v) is 30.6. The quantitative estimate of drug-likeness (QED) is 0.170. The second-order valence-electron chi connectivity index (χ2n) is 14.1. The molecule has 9 aromatic carbocycles. The molecule has 0 aliphatic carbocycles. The second kappa shape index (κ2) is 12.9. The third-order valence-electron chi connectivity index (χ3n) is 10.9. The van der Waals surface area contributed by atoms with Gasteiger partial charge in [-0.2, -0.15) is 0 Å². The first-order chi connectivity index (χ1) is 27.3. The van der Waals surface area contributed by atoms with Crippen LogP contribution in [0.4, 0.5) is 17.1 Å². The van der Waals surface area contributed by atoms with Gasteiger partial charge in [0.25, 0.3) is 0 Å². The van der Waals surface area contributed by atoms with Crippen molar-refractivity contribution in [1.82, 2.24) is 0 Å². The van der Waals surface area contributed by atoms with Crippen LogP contribution in [-0.2, 0) is 0 Å². The predicted molar refractivity (Wildman–Crippen MR) is 235 cm³/mol. The van der Waals surface area contributed by atoms with Crippen molar-refractivity contribution < 1.29 is 4.42 Å². The Morgan fingerprint density at radius 2 is 1.04 bits per heavy atom. The van der Waals surface area contributed by atoms with Gasteiger partial charge in [-0.05, 0) is 81.1 Å². The number of nitrogens with zero attached hydrogens (tertiary/aromatic N) is 1. The number of furan rings is 1. The van der Waals surface area contributed by atoms with Gasteiger partial charge in [0, 0.05) is 32.1 Å². The average molecular weight is 720 g/mol. The van der Waals surface area contributed by atoms with Crippen LogP contribution in [0.25, 0.3) is 86.3 Å². The summed E-state index contributed by atoms with van der Waals surface area (Å²) in [5.74, 6) is 0. The molecular formula is C52H33NOS. The number of anilines is 3. The lowest BCUT2D eigenvalue weighted by atomic mass is 9.97. The minimum absolute atomic E-state index is 0.872. The first-order valence-corrected chi connectivity index (χ1v) is 19.5.